The van der Waals surface area contributed by atoms with Crippen LogP contribution in [-0.2, 0) is 4.79 Å². The van der Waals surface area contributed by atoms with Crippen LogP contribution in [0, 0.1) is 17.0 Å². The SMILES string of the molecule is N=C(N)NC(=O)/C=C/c1cccc(F)c1F. The maximum absolute atomic E-state index is 13.1. The Kier molecular flexibility index (Phi) is 3.71. The zero-order valence-corrected chi connectivity index (χ0v) is 8.13. The average molecular weight is 225 g/mol. The molecule has 4 nitrogen and oxygen atoms in total. The highest BCUT2D eigenvalue weighted by molar-refractivity contribution is 6.02. The highest BCUT2D eigenvalue weighted by Crippen LogP contribution is 2.12. The van der Waals surface area contributed by atoms with E-state index in [0.717, 1.165) is 18.2 Å². The van der Waals surface area contributed by atoms with E-state index in [4.69, 9.17) is 11.1 Å². The van der Waals surface area contributed by atoms with E-state index in [-0.39, 0.29) is 5.56 Å². The first-order valence-electron chi connectivity index (χ1n) is 4.28. The molecule has 0 radical (unpaired) electrons. The van der Waals surface area contributed by atoms with Gasteiger partial charge in [-0.3, -0.25) is 15.5 Å². The molecule has 0 unspecified atom stereocenters. The van der Waals surface area contributed by atoms with Crippen molar-refractivity contribution in [3.05, 3.63) is 41.5 Å². The molecule has 0 fully saturated rings. The molecule has 0 aliphatic rings. The van der Waals surface area contributed by atoms with Crippen LogP contribution in [0.3, 0.4) is 0 Å². The Morgan fingerprint density at radius 3 is 2.75 bits per heavy atom. The third kappa shape index (κ3) is 3.16. The van der Waals surface area contributed by atoms with Crippen molar-refractivity contribution >= 4 is 17.9 Å². The highest BCUT2D eigenvalue weighted by atomic mass is 19.2. The molecule has 84 valence electrons. The van der Waals surface area contributed by atoms with Crippen LogP contribution in [0.25, 0.3) is 6.08 Å². The van der Waals surface area contributed by atoms with E-state index in [1.165, 1.54) is 12.1 Å². The highest BCUT2D eigenvalue weighted by Gasteiger charge is 2.04. The lowest BCUT2D eigenvalue weighted by molar-refractivity contribution is -0.115. The van der Waals surface area contributed by atoms with Crippen LogP contribution in [0.15, 0.2) is 24.3 Å². The van der Waals surface area contributed by atoms with E-state index in [2.05, 4.69) is 0 Å². The van der Waals surface area contributed by atoms with Gasteiger partial charge in [-0.2, -0.15) is 0 Å². The van der Waals surface area contributed by atoms with Crippen LogP contribution in [-0.4, -0.2) is 11.9 Å². The molecule has 4 N–H and O–H groups in total. The number of carbonyl (C=O) groups is 1. The lowest BCUT2D eigenvalue weighted by atomic mass is 10.2. The number of hydrogen-bond donors (Lipinski definition) is 3. The largest absolute Gasteiger partial charge is 0.370 e. The predicted octanol–water partition coefficient (Wildman–Crippen LogP) is 0.988. The summed E-state index contributed by atoms with van der Waals surface area (Å²) in [6, 6.07) is 3.61. The van der Waals surface area contributed by atoms with Gasteiger partial charge in [0.25, 0.3) is 5.91 Å². The van der Waals surface area contributed by atoms with Crippen LogP contribution in [0.5, 0.6) is 0 Å². The number of nitrogens with one attached hydrogen (secondary N) is 2. The summed E-state index contributed by atoms with van der Waals surface area (Å²) in [4.78, 5) is 11.0. The Hall–Kier alpha value is -2.24. The molecule has 1 aromatic carbocycles. The fourth-order valence-corrected chi connectivity index (χ4v) is 0.989. The average Bonchev–Trinajstić information content (AvgIpc) is 2.19. The van der Waals surface area contributed by atoms with Crippen molar-refractivity contribution < 1.29 is 13.6 Å². The molecule has 0 aromatic heterocycles. The van der Waals surface area contributed by atoms with E-state index in [1.807, 2.05) is 5.32 Å². The van der Waals surface area contributed by atoms with Crippen LogP contribution in [0.4, 0.5) is 8.78 Å². The van der Waals surface area contributed by atoms with Crippen LogP contribution in [0.1, 0.15) is 5.56 Å². The molecular weight excluding hydrogens is 216 g/mol. The summed E-state index contributed by atoms with van der Waals surface area (Å²) >= 11 is 0. The van der Waals surface area contributed by atoms with Gasteiger partial charge in [0.15, 0.2) is 17.6 Å². The van der Waals surface area contributed by atoms with Gasteiger partial charge >= 0.3 is 0 Å². The van der Waals surface area contributed by atoms with Crippen LogP contribution < -0.4 is 11.1 Å². The number of nitrogens with two attached hydrogens (primary N) is 1. The Morgan fingerprint density at radius 1 is 1.44 bits per heavy atom. The summed E-state index contributed by atoms with van der Waals surface area (Å²) in [5.41, 5.74) is 4.84. The van der Waals surface area contributed by atoms with Crippen molar-refractivity contribution in [2.24, 2.45) is 5.73 Å². The fraction of sp³-hybridized carbons (Fsp3) is 0. The maximum Gasteiger partial charge on any atom is 0.250 e. The first-order valence-corrected chi connectivity index (χ1v) is 4.28. The van der Waals surface area contributed by atoms with E-state index < -0.39 is 23.5 Å². The van der Waals surface area contributed by atoms with E-state index in [1.54, 1.807) is 0 Å². The third-order valence-electron chi connectivity index (χ3n) is 1.65. The lowest BCUT2D eigenvalue weighted by Crippen LogP contribution is -2.34. The standard InChI is InChI=1S/C10H9F2N3O/c11-7-3-1-2-6(9(7)12)4-5-8(16)15-10(13)14/h1-5H,(H4,13,14,15,16)/b5-4+. The minimum atomic E-state index is -1.03. The Balaban J connectivity index is 2.80. The molecule has 0 spiro atoms. The number of halogens is 2. The third-order valence-corrected chi connectivity index (χ3v) is 1.65. The molecule has 16 heavy (non-hydrogen) atoms. The molecule has 6 heteroatoms. The molecule has 0 bridgehead atoms. The molecule has 0 heterocycles. The van der Waals surface area contributed by atoms with Gasteiger partial charge in [0, 0.05) is 11.6 Å². The van der Waals surface area contributed by atoms with Gasteiger partial charge in [-0.05, 0) is 12.1 Å². The molecular formula is C10H9F2N3O. The number of carbonyl (C=O) groups excluding carboxylic acids is 1. The topological polar surface area (TPSA) is 79.0 Å². The van der Waals surface area contributed by atoms with Crippen molar-refractivity contribution in [3.8, 4) is 0 Å². The van der Waals surface area contributed by atoms with E-state index in [9.17, 15) is 13.6 Å². The van der Waals surface area contributed by atoms with Gasteiger partial charge in [0.2, 0.25) is 0 Å². The van der Waals surface area contributed by atoms with Crippen molar-refractivity contribution in [2.45, 2.75) is 0 Å². The zero-order chi connectivity index (χ0) is 12.1. The maximum atomic E-state index is 13.1. The first kappa shape index (κ1) is 11.8. The minimum Gasteiger partial charge on any atom is -0.370 e. The molecule has 1 aromatic rings. The monoisotopic (exact) mass is 225 g/mol. The summed E-state index contributed by atoms with van der Waals surface area (Å²) in [5.74, 6) is -3.23. The van der Waals surface area contributed by atoms with Gasteiger partial charge in [-0.25, -0.2) is 8.78 Å². The minimum absolute atomic E-state index is 0.0568. The number of guanidine groups is 1. The second-order valence-corrected chi connectivity index (χ2v) is 2.88. The van der Waals surface area contributed by atoms with Gasteiger partial charge in [-0.1, -0.05) is 12.1 Å². The molecule has 0 atom stereocenters. The van der Waals surface area contributed by atoms with Crippen molar-refractivity contribution in [3.63, 3.8) is 0 Å². The Bertz CT molecular complexity index is 457. The summed E-state index contributed by atoms with van der Waals surface area (Å²) in [7, 11) is 0. The molecule has 0 aliphatic heterocycles. The molecule has 0 saturated heterocycles. The second kappa shape index (κ2) is 5.01. The first-order chi connectivity index (χ1) is 7.50. The number of hydrogen-bond acceptors (Lipinski definition) is 2. The predicted molar refractivity (Wildman–Crippen MR) is 55.4 cm³/mol. The summed E-state index contributed by atoms with van der Waals surface area (Å²) in [6.07, 6.45) is 2.05. The Labute approximate surface area is 90.3 Å². The number of benzene rings is 1. The molecule has 1 amide bonds. The van der Waals surface area contributed by atoms with Crippen LogP contribution in [0.2, 0.25) is 0 Å². The normalized spacial score (nSPS) is 10.4. The summed E-state index contributed by atoms with van der Waals surface area (Å²) in [5, 5.41) is 8.73. The lowest BCUT2D eigenvalue weighted by Gasteiger charge is -1.98. The van der Waals surface area contributed by atoms with E-state index >= 15 is 0 Å². The smallest absolute Gasteiger partial charge is 0.250 e. The van der Waals surface area contributed by atoms with Gasteiger partial charge in [-0.15, -0.1) is 0 Å². The number of amides is 1. The number of rotatable bonds is 2. The van der Waals surface area contributed by atoms with Crippen LogP contribution >= 0.6 is 0 Å². The van der Waals surface area contributed by atoms with Gasteiger partial charge < -0.3 is 5.73 Å². The van der Waals surface area contributed by atoms with Crippen molar-refractivity contribution in [1.82, 2.24) is 5.32 Å². The Morgan fingerprint density at radius 2 is 2.12 bits per heavy atom. The zero-order valence-electron chi connectivity index (χ0n) is 8.13. The van der Waals surface area contributed by atoms with Crippen molar-refractivity contribution in [2.75, 3.05) is 0 Å². The molecule has 1 rings (SSSR count). The molecule has 0 aliphatic carbocycles. The summed E-state index contributed by atoms with van der Waals surface area (Å²) in [6.45, 7) is 0. The van der Waals surface area contributed by atoms with Crippen molar-refractivity contribution in [1.29, 1.82) is 5.41 Å². The summed E-state index contributed by atoms with van der Waals surface area (Å²) < 4.78 is 25.8. The fourth-order valence-electron chi connectivity index (χ4n) is 0.989. The van der Waals surface area contributed by atoms with Gasteiger partial charge in [0.1, 0.15) is 0 Å². The second-order valence-electron chi connectivity index (χ2n) is 2.88. The van der Waals surface area contributed by atoms with Gasteiger partial charge in [0.05, 0.1) is 0 Å². The quantitative estimate of drug-likeness (QED) is 0.398. The molecule has 0 saturated carbocycles. The van der Waals surface area contributed by atoms with E-state index in [0.29, 0.717) is 0 Å².